The highest BCUT2D eigenvalue weighted by Crippen LogP contribution is 2.47. The zero-order valence-electron chi connectivity index (χ0n) is 20.4. The molecule has 192 valence electrons. The first-order valence-corrected chi connectivity index (χ1v) is 12.6. The average Bonchev–Trinajstić information content (AvgIpc) is 3.19. The second-order valence-electron chi connectivity index (χ2n) is 9.06. The van der Waals surface area contributed by atoms with E-state index in [0.29, 0.717) is 39.0 Å². The second kappa shape index (κ2) is 10.3. The van der Waals surface area contributed by atoms with Gasteiger partial charge in [-0.25, -0.2) is 14.5 Å². The highest BCUT2D eigenvalue weighted by Gasteiger charge is 2.29. The molecule has 0 saturated heterocycles. The summed E-state index contributed by atoms with van der Waals surface area (Å²) in [5.41, 5.74) is 2.47. The van der Waals surface area contributed by atoms with E-state index in [0.717, 1.165) is 6.08 Å². The molecule has 0 aliphatic heterocycles. The lowest BCUT2D eigenvalue weighted by molar-refractivity contribution is -0.111. The van der Waals surface area contributed by atoms with Gasteiger partial charge in [0.2, 0.25) is 11.9 Å². The molecular weight excluding hydrogens is 500 g/mol. The molecule has 4 rings (SSSR count). The fourth-order valence-corrected chi connectivity index (χ4v) is 4.61. The van der Waals surface area contributed by atoms with Gasteiger partial charge in [-0.05, 0) is 50.6 Å². The smallest absolute Gasteiger partial charge is 0.321 e. The molecule has 0 fully saturated rings. The van der Waals surface area contributed by atoms with Gasteiger partial charge in [-0.3, -0.25) is 18.8 Å². The van der Waals surface area contributed by atoms with E-state index >= 15 is 0 Å². The van der Waals surface area contributed by atoms with E-state index in [1.807, 2.05) is 6.07 Å². The van der Waals surface area contributed by atoms with Crippen LogP contribution in [0.3, 0.4) is 0 Å². The molecule has 2 N–H and O–H groups in total. The molecule has 37 heavy (non-hydrogen) atoms. The van der Waals surface area contributed by atoms with E-state index < -0.39 is 19.4 Å². The van der Waals surface area contributed by atoms with Gasteiger partial charge in [-0.15, -0.1) is 0 Å². The lowest BCUT2D eigenvalue weighted by Gasteiger charge is -2.22. The van der Waals surface area contributed by atoms with Crippen LogP contribution in [0.2, 0.25) is 0 Å². The van der Waals surface area contributed by atoms with Crippen molar-refractivity contribution < 1.29 is 27.7 Å². The van der Waals surface area contributed by atoms with Gasteiger partial charge in [-0.1, -0.05) is 6.58 Å². The first-order chi connectivity index (χ1) is 17.4. The summed E-state index contributed by atoms with van der Waals surface area (Å²) in [6.45, 7) is 8.00. The van der Waals surface area contributed by atoms with Gasteiger partial charge in [0.15, 0.2) is 0 Å². The fourth-order valence-electron chi connectivity index (χ4n) is 3.59. The Balaban J connectivity index is 1.77. The van der Waals surface area contributed by atoms with Gasteiger partial charge in [0.05, 0.1) is 17.5 Å². The molecule has 0 aliphatic carbocycles. The third kappa shape index (κ3) is 6.52. The highest BCUT2D eigenvalue weighted by molar-refractivity contribution is 7.47. The van der Waals surface area contributed by atoms with Gasteiger partial charge in [0, 0.05) is 52.9 Å². The SMILES string of the molecule is C=CC(=O)Nc1cncc(-c2cnc3c(c2)c(-c2ccnc(F)c2)cn3COP(=O)(O)OC(C)(C)C)c1. The quantitative estimate of drug-likeness (QED) is 0.180. The van der Waals surface area contributed by atoms with Crippen molar-refractivity contribution in [3.63, 3.8) is 0 Å². The molecule has 0 bridgehead atoms. The van der Waals surface area contributed by atoms with Crippen molar-refractivity contribution in [2.24, 2.45) is 0 Å². The van der Waals surface area contributed by atoms with Crippen molar-refractivity contribution in [2.45, 2.75) is 33.1 Å². The van der Waals surface area contributed by atoms with Gasteiger partial charge in [0.25, 0.3) is 0 Å². The fraction of sp³-hybridized carbons (Fsp3) is 0.200. The lowest BCUT2D eigenvalue weighted by atomic mass is 10.0. The number of halogens is 1. The lowest BCUT2D eigenvalue weighted by Crippen LogP contribution is -2.18. The summed E-state index contributed by atoms with van der Waals surface area (Å²) in [6, 6.07) is 6.48. The molecule has 0 spiro atoms. The molecule has 4 aromatic rings. The Morgan fingerprint density at radius 2 is 1.95 bits per heavy atom. The molecule has 4 aromatic heterocycles. The minimum atomic E-state index is -4.37. The van der Waals surface area contributed by atoms with Crippen LogP contribution < -0.4 is 5.32 Å². The summed E-state index contributed by atoms with van der Waals surface area (Å²) < 4.78 is 38.2. The van der Waals surface area contributed by atoms with E-state index in [-0.39, 0.29) is 12.6 Å². The van der Waals surface area contributed by atoms with Crippen LogP contribution in [0.5, 0.6) is 0 Å². The standard InChI is InChI=1S/C25H25FN5O5P/c1-5-23(32)30-19-8-17(11-27-13-19)18-9-20-21(16-6-7-28-22(26)10-16)14-31(24(20)29-12-18)15-35-37(33,34)36-25(2,3)4/h5-14H,1,15H2,2-4H3,(H,30,32)(H,33,34). The first-order valence-electron chi connectivity index (χ1n) is 11.1. The van der Waals surface area contributed by atoms with Crippen LogP contribution in [0, 0.1) is 5.95 Å². The van der Waals surface area contributed by atoms with E-state index in [9.17, 15) is 18.6 Å². The Kier molecular flexibility index (Phi) is 7.33. The third-order valence-electron chi connectivity index (χ3n) is 5.03. The molecule has 1 unspecified atom stereocenters. The number of aromatic nitrogens is 4. The number of phosphoric ester groups is 1. The summed E-state index contributed by atoms with van der Waals surface area (Å²) in [5.74, 6) is -1.03. The van der Waals surface area contributed by atoms with E-state index in [1.165, 1.54) is 23.0 Å². The minimum absolute atomic E-state index is 0.342. The average molecular weight is 525 g/mol. The number of nitrogens with zero attached hydrogens (tertiary/aromatic N) is 4. The monoisotopic (exact) mass is 525 g/mol. The Morgan fingerprint density at radius 3 is 2.65 bits per heavy atom. The van der Waals surface area contributed by atoms with Crippen molar-refractivity contribution in [1.82, 2.24) is 19.5 Å². The van der Waals surface area contributed by atoms with Gasteiger partial charge >= 0.3 is 7.82 Å². The topological polar surface area (TPSA) is 128 Å². The van der Waals surface area contributed by atoms with Crippen LogP contribution >= 0.6 is 7.82 Å². The zero-order valence-corrected chi connectivity index (χ0v) is 21.3. The van der Waals surface area contributed by atoms with Crippen LogP contribution in [0.25, 0.3) is 33.3 Å². The van der Waals surface area contributed by atoms with Gasteiger partial charge in [0.1, 0.15) is 12.4 Å². The Labute approximate surface area is 212 Å². The summed E-state index contributed by atoms with van der Waals surface area (Å²) in [6.07, 6.45) is 8.86. The minimum Gasteiger partial charge on any atom is -0.321 e. The third-order valence-corrected chi connectivity index (χ3v) is 6.25. The van der Waals surface area contributed by atoms with E-state index in [1.54, 1.807) is 51.5 Å². The Hall–Kier alpha value is -3.76. The van der Waals surface area contributed by atoms with Crippen LogP contribution in [0.15, 0.2) is 67.9 Å². The number of carbonyl (C=O) groups excluding carboxylic acids is 1. The maximum absolute atomic E-state index is 13.9. The zero-order chi connectivity index (χ0) is 26.8. The largest absolute Gasteiger partial charge is 0.474 e. The summed E-state index contributed by atoms with van der Waals surface area (Å²) in [7, 11) is -4.37. The Morgan fingerprint density at radius 1 is 1.19 bits per heavy atom. The molecule has 10 nitrogen and oxygen atoms in total. The Bertz CT molecular complexity index is 1530. The van der Waals surface area contributed by atoms with E-state index in [4.69, 9.17) is 9.05 Å². The number of carbonyl (C=O) groups is 1. The number of pyridine rings is 3. The number of fused-ring (bicyclic) bond motifs is 1. The predicted molar refractivity (Wildman–Crippen MR) is 137 cm³/mol. The normalized spacial score (nSPS) is 13.3. The highest BCUT2D eigenvalue weighted by atomic mass is 31.2. The van der Waals surface area contributed by atoms with Crippen LogP contribution in [-0.2, 0) is 25.1 Å². The van der Waals surface area contributed by atoms with E-state index in [2.05, 4.69) is 26.8 Å². The van der Waals surface area contributed by atoms with Crippen molar-refractivity contribution >= 4 is 30.5 Å². The van der Waals surface area contributed by atoms with Crippen LogP contribution in [0.4, 0.5) is 10.1 Å². The molecule has 1 amide bonds. The van der Waals surface area contributed by atoms with Crippen LogP contribution in [-0.4, -0.2) is 35.9 Å². The van der Waals surface area contributed by atoms with Crippen molar-refractivity contribution in [3.8, 4) is 22.3 Å². The number of hydrogen-bond acceptors (Lipinski definition) is 7. The number of amides is 1. The van der Waals surface area contributed by atoms with Crippen LogP contribution in [0.1, 0.15) is 20.8 Å². The van der Waals surface area contributed by atoms with Crippen molar-refractivity contribution in [1.29, 1.82) is 0 Å². The molecule has 0 aliphatic rings. The predicted octanol–water partition coefficient (Wildman–Crippen LogP) is 5.31. The molecule has 1 atom stereocenters. The summed E-state index contributed by atoms with van der Waals surface area (Å²) in [5, 5.41) is 3.28. The molecule has 0 aromatic carbocycles. The second-order valence-corrected chi connectivity index (χ2v) is 10.4. The molecule has 12 heteroatoms. The van der Waals surface area contributed by atoms with Crippen molar-refractivity contribution in [2.75, 3.05) is 5.32 Å². The molecule has 0 saturated carbocycles. The maximum Gasteiger partial charge on any atom is 0.474 e. The van der Waals surface area contributed by atoms with Gasteiger partial charge in [-0.2, -0.15) is 4.39 Å². The number of anilines is 1. The summed E-state index contributed by atoms with van der Waals surface area (Å²) >= 11 is 0. The first kappa shape index (κ1) is 26.3. The molecular formula is C25H25FN5O5P. The number of rotatable bonds is 8. The number of nitrogens with one attached hydrogen (secondary N) is 1. The molecule has 4 heterocycles. The summed E-state index contributed by atoms with van der Waals surface area (Å²) in [4.78, 5) is 34.1. The molecule has 0 radical (unpaired) electrons. The van der Waals surface area contributed by atoms with Crippen molar-refractivity contribution in [3.05, 3.63) is 73.9 Å². The number of phosphoric acid groups is 1. The maximum atomic E-state index is 13.9. The van der Waals surface area contributed by atoms with Gasteiger partial charge < -0.3 is 14.8 Å². The number of hydrogen-bond donors (Lipinski definition) is 2.